The molecule has 1 aromatic rings. The van der Waals surface area contributed by atoms with Gasteiger partial charge in [-0.3, -0.25) is 0 Å². The summed E-state index contributed by atoms with van der Waals surface area (Å²) in [6.45, 7) is 4.46. The molecule has 0 amide bonds. The van der Waals surface area contributed by atoms with E-state index in [-0.39, 0.29) is 0 Å². The molecule has 0 aliphatic rings. The molecule has 0 unspecified atom stereocenters. The Morgan fingerprint density at radius 3 is 2.84 bits per heavy atom. The van der Waals surface area contributed by atoms with E-state index in [1.807, 2.05) is 6.92 Å². The average Bonchev–Trinajstić information content (AvgIpc) is 2.74. The minimum absolute atomic E-state index is 0.308. The third-order valence-corrected chi connectivity index (χ3v) is 6.08. The Morgan fingerprint density at radius 2 is 2.21 bits per heavy atom. The van der Waals surface area contributed by atoms with Gasteiger partial charge in [0.25, 0.3) is 0 Å². The lowest BCUT2D eigenvalue weighted by atomic mass is 10.4. The van der Waals surface area contributed by atoms with Crippen LogP contribution in [0.5, 0.6) is 0 Å². The van der Waals surface area contributed by atoms with Crippen molar-refractivity contribution in [2.75, 3.05) is 26.8 Å². The summed E-state index contributed by atoms with van der Waals surface area (Å²) in [5, 5.41) is 3.17. The number of nitrogens with one attached hydrogen (secondary N) is 2. The Bertz CT molecular complexity index is 488. The van der Waals surface area contributed by atoms with Crippen LogP contribution in [-0.4, -0.2) is 35.2 Å². The summed E-state index contributed by atoms with van der Waals surface area (Å²) < 4.78 is 32.3. The van der Waals surface area contributed by atoms with Gasteiger partial charge in [-0.05, 0) is 35.0 Å². The number of methoxy groups -OCH3 is 1. The van der Waals surface area contributed by atoms with E-state index in [1.54, 1.807) is 13.2 Å². The molecule has 0 saturated carbocycles. The maximum atomic E-state index is 12.1. The van der Waals surface area contributed by atoms with Crippen molar-refractivity contribution in [3.63, 3.8) is 0 Å². The summed E-state index contributed by atoms with van der Waals surface area (Å²) in [6, 6.07) is 1.70. The fourth-order valence-electron chi connectivity index (χ4n) is 1.42. The summed E-state index contributed by atoms with van der Waals surface area (Å²) in [6.07, 6.45) is 0.654. The smallest absolute Gasteiger partial charge is 0.242 e. The van der Waals surface area contributed by atoms with Gasteiger partial charge >= 0.3 is 0 Å². The van der Waals surface area contributed by atoms with Crippen molar-refractivity contribution in [2.24, 2.45) is 0 Å². The molecular formula is C11H19BrN2O3S2. The van der Waals surface area contributed by atoms with E-state index in [1.165, 1.54) is 11.3 Å². The molecule has 2 N–H and O–H groups in total. The zero-order chi connectivity index (χ0) is 14.3. The Balaban J connectivity index is 2.69. The number of hydrogen-bond donors (Lipinski definition) is 2. The van der Waals surface area contributed by atoms with Crippen molar-refractivity contribution < 1.29 is 13.2 Å². The quantitative estimate of drug-likeness (QED) is 0.651. The highest BCUT2D eigenvalue weighted by Gasteiger charge is 2.20. The molecule has 0 aliphatic carbocycles. The van der Waals surface area contributed by atoms with E-state index >= 15 is 0 Å². The monoisotopic (exact) mass is 370 g/mol. The normalized spacial score (nSPS) is 11.9. The van der Waals surface area contributed by atoms with E-state index in [0.717, 1.165) is 11.4 Å². The second kappa shape index (κ2) is 8.33. The molecule has 0 atom stereocenters. The highest BCUT2D eigenvalue weighted by atomic mass is 79.9. The van der Waals surface area contributed by atoms with Crippen LogP contribution in [0.4, 0.5) is 0 Å². The third kappa shape index (κ3) is 5.49. The van der Waals surface area contributed by atoms with E-state index in [0.29, 0.717) is 34.8 Å². The van der Waals surface area contributed by atoms with Crippen LogP contribution in [-0.2, 0) is 21.3 Å². The Morgan fingerprint density at radius 1 is 1.47 bits per heavy atom. The number of halogens is 1. The van der Waals surface area contributed by atoms with Gasteiger partial charge in [-0.15, -0.1) is 11.3 Å². The van der Waals surface area contributed by atoms with Crippen LogP contribution in [0.25, 0.3) is 0 Å². The van der Waals surface area contributed by atoms with Crippen molar-refractivity contribution in [1.29, 1.82) is 0 Å². The second-order valence-electron chi connectivity index (χ2n) is 3.88. The van der Waals surface area contributed by atoms with Gasteiger partial charge in [0, 0.05) is 31.7 Å². The number of hydrogen-bond acceptors (Lipinski definition) is 5. The maximum Gasteiger partial charge on any atom is 0.242 e. The van der Waals surface area contributed by atoms with Crippen LogP contribution in [0.15, 0.2) is 14.7 Å². The predicted molar refractivity (Wildman–Crippen MR) is 81.1 cm³/mol. The van der Waals surface area contributed by atoms with Gasteiger partial charge in [0.15, 0.2) is 0 Å². The topological polar surface area (TPSA) is 67.4 Å². The van der Waals surface area contributed by atoms with Crippen LogP contribution in [0.3, 0.4) is 0 Å². The van der Waals surface area contributed by atoms with Gasteiger partial charge in [0.05, 0.1) is 3.79 Å². The molecule has 1 aromatic heterocycles. The molecule has 0 saturated heterocycles. The molecule has 8 heteroatoms. The standard InChI is InChI=1S/C11H19BrN2O3S2/c1-3-13-8-9-7-10(11(12)18-9)19(15,16)14-5-4-6-17-2/h7,13-14H,3-6,8H2,1-2H3. The van der Waals surface area contributed by atoms with E-state index < -0.39 is 10.0 Å². The lowest BCUT2D eigenvalue weighted by molar-refractivity contribution is 0.196. The van der Waals surface area contributed by atoms with E-state index in [4.69, 9.17) is 4.74 Å². The molecule has 0 aliphatic heterocycles. The van der Waals surface area contributed by atoms with Gasteiger partial charge in [-0.1, -0.05) is 6.92 Å². The lowest BCUT2D eigenvalue weighted by Gasteiger charge is -2.05. The highest BCUT2D eigenvalue weighted by Crippen LogP contribution is 2.31. The molecule has 0 spiro atoms. The minimum Gasteiger partial charge on any atom is -0.385 e. The molecule has 0 radical (unpaired) electrons. The van der Waals surface area contributed by atoms with Crippen molar-refractivity contribution in [2.45, 2.75) is 24.8 Å². The lowest BCUT2D eigenvalue weighted by Crippen LogP contribution is -2.25. The maximum absolute atomic E-state index is 12.1. The average molecular weight is 371 g/mol. The molecular weight excluding hydrogens is 352 g/mol. The van der Waals surface area contributed by atoms with Crippen LogP contribution in [0.1, 0.15) is 18.2 Å². The first kappa shape index (κ1) is 17.1. The van der Waals surface area contributed by atoms with Gasteiger partial charge < -0.3 is 10.1 Å². The predicted octanol–water partition coefficient (Wildman–Crippen LogP) is 1.93. The highest BCUT2D eigenvalue weighted by molar-refractivity contribution is 9.11. The van der Waals surface area contributed by atoms with Gasteiger partial charge in [0.2, 0.25) is 10.0 Å². The summed E-state index contributed by atoms with van der Waals surface area (Å²) in [4.78, 5) is 1.30. The molecule has 0 bridgehead atoms. The van der Waals surface area contributed by atoms with Crippen LogP contribution in [0.2, 0.25) is 0 Å². The molecule has 19 heavy (non-hydrogen) atoms. The van der Waals surface area contributed by atoms with Crippen LogP contribution < -0.4 is 10.0 Å². The molecule has 1 heterocycles. The molecule has 0 fully saturated rings. The third-order valence-electron chi connectivity index (χ3n) is 2.36. The number of ether oxygens (including phenoxy) is 1. The van der Waals surface area contributed by atoms with Crippen LogP contribution in [0, 0.1) is 0 Å². The number of sulfonamides is 1. The van der Waals surface area contributed by atoms with Gasteiger partial charge in [-0.25, -0.2) is 13.1 Å². The molecule has 1 rings (SSSR count). The van der Waals surface area contributed by atoms with Gasteiger partial charge in [-0.2, -0.15) is 0 Å². The molecule has 0 aromatic carbocycles. The minimum atomic E-state index is -3.45. The first-order valence-corrected chi connectivity index (χ1v) is 9.08. The second-order valence-corrected chi connectivity index (χ2v) is 8.07. The van der Waals surface area contributed by atoms with Gasteiger partial charge in [0.1, 0.15) is 4.90 Å². The van der Waals surface area contributed by atoms with Crippen molar-refractivity contribution in [3.8, 4) is 0 Å². The van der Waals surface area contributed by atoms with E-state index in [2.05, 4.69) is 26.0 Å². The number of thiophene rings is 1. The number of rotatable bonds is 9. The summed E-state index contributed by atoms with van der Waals surface area (Å²) >= 11 is 4.75. The SMILES string of the molecule is CCNCc1cc(S(=O)(=O)NCCCOC)c(Br)s1. The largest absolute Gasteiger partial charge is 0.385 e. The summed E-state index contributed by atoms with van der Waals surface area (Å²) in [5.74, 6) is 0. The van der Waals surface area contributed by atoms with Crippen molar-refractivity contribution in [1.82, 2.24) is 10.0 Å². The van der Waals surface area contributed by atoms with E-state index in [9.17, 15) is 8.42 Å². The summed E-state index contributed by atoms with van der Waals surface area (Å²) in [7, 11) is -1.85. The Labute approximate surface area is 126 Å². The fraction of sp³-hybridized carbons (Fsp3) is 0.636. The molecule has 110 valence electrons. The zero-order valence-corrected chi connectivity index (χ0v) is 14.3. The first-order chi connectivity index (χ1) is 9.01. The first-order valence-electron chi connectivity index (χ1n) is 5.98. The van der Waals surface area contributed by atoms with Crippen molar-refractivity contribution in [3.05, 3.63) is 14.7 Å². The summed E-state index contributed by atoms with van der Waals surface area (Å²) in [5.41, 5.74) is 0. The van der Waals surface area contributed by atoms with Crippen LogP contribution >= 0.6 is 27.3 Å². The fourth-order valence-corrected chi connectivity index (χ4v) is 5.14. The zero-order valence-electron chi connectivity index (χ0n) is 11.0. The Hall–Kier alpha value is 0.01000. The Kier molecular flexibility index (Phi) is 7.48. The molecule has 5 nitrogen and oxygen atoms in total. The van der Waals surface area contributed by atoms with Crippen molar-refractivity contribution >= 4 is 37.3 Å².